The number of amides is 1. The monoisotopic (exact) mass is 379 g/mol. The number of carbonyl (C=O) groups excluding carboxylic acids is 1. The lowest BCUT2D eigenvalue weighted by atomic mass is 9.97. The van der Waals surface area contributed by atoms with Crippen LogP contribution in [0.4, 0.5) is 0 Å². The molecule has 0 radical (unpaired) electrons. The van der Waals surface area contributed by atoms with Crippen LogP contribution >= 0.6 is 0 Å². The third-order valence-corrected chi connectivity index (χ3v) is 4.56. The first-order chi connectivity index (χ1) is 13.3. The maximum Gasteiger partial charge on any atom is 0.330 e. The average Bonchev–Trinajstić information content (AvgIpc) is 3.11. The molecule has 8 heteroatoms. The Morgan fingerprint density at radius 1 is 1.11 bits per heavy atom. The summed E-state index contributed by atoms with van der Waals surface area (Å²) in [7, 11) is 0. The van der Waals surface area contributed by atoms with E-state index in [1.54, 1.807) is 12.1 Å². The first kappa shape index (κ1) is 19.2. The number of carbonyl (C=O) groups is 2. The lowest BCUT2D eigenvalue weighted by molar-refractivity contribution is -0.142. The summed E-state index contributed by atoms with van der Waals surface area (Å²) < 4.78 is 0. The van der Waals surface area contributed by atoms with Gasteiger partial charge in [-0.3, -0.25) is 4.79 Å². The summed E-state index contributed by atoms with van der Waals surface area (Å²) in [6, 6.07) is 11.8. The van der Waals surface area contributed by atoms with Crippen LogP contribution in [-0.4, -0.2) is 37.2 Å². The minimum absolute atomic E-state index is 0.229. The Bertz CT molecular complexity index is 1010. The van der Waals surface area contributed by atoms with Crippen LogP contribution in [0.1, 0.15) is 28.3 Å². The van der Waals surface area contributed by atoms with Crippen molar-refractivity contribution in [2.45, 2.75) is 33.4 Å². The zero-order valence-corrected chi connectivity index (χ0v) is 15.9. The van der Waals surface area contributed by atoms with E-state index in [2.05, 4.69) is 20.7 Å². The SMILES string of the molecule is Cc1ccc(-c2nnn(CC(=O)NC(C(=O)O)c3cccc(C)c3C)n2)cc1. The lowest BCUT2D eigenvalue weighted by Crippen LogP contribution is -2.36. The number of nitrogens with zero attached hydrogens (tertiary/aromatic N) is 4. The van der Waals surface area contributed by atoms with Gasteiger partial charge in [0.05, 0.1) is 0 Å². The number of aryl methyl sites for hydroxylation is 2. The van der Waals surface area contributed by atoms with Gasteiger partial charge in [0.15, 0.2) is 6.04 Å². The van der Waals surface area contributed by atoms with Crippen molar-refractivity contribution in [1.82, 2.24) is 25.5 Å². The Kier molecular flexibility index (Phi) is 5.49. The smallest absolute Gasteiger partial charge is 0.330 e. The molecule has 8 nitrogen and oxygen atoms in total. The second kappa shape index (κ2) is 7.99. The van der Waals surface area contributed by atoms with E-state index in [9.17, 15) is 14.7 Å². The highest BCUT2D eigenvalue weighted by Gasteiger charge is 2.24. The first-order valence-corrected chi connectivity index (χ1v) is 8.78. The Balaban J connectivity index is 1.73. The average molecular weight is 379 g/mol. The fraction of sp³-hybridized carbons (Fsp3) is 0.250. The van der Waals surface area contributed by atoms with E-state index in [4.69, 9.17) is 0 Å². The summed E-state index contributed by atoms with van der Waals surface area (Å²) in [4.78, 5) is 25.2. The van der Waals surface area contributed by atoms with Gasteiger partial charge in [-0.25, -0.2) is 4.79 Å². The Labute approximate surface area is 162 Å². The van der Waals surface area contributed by atoms with E-state index in [-0.39, 0.29) is 6.54 Å². The molecule has 28 heavy (non-hydrogen) atoms. The van der Waals surface area contributed by atoms with Gasteiger partial charge < -0.3 is 10.4 Å². The molecular formula is C20H21N5O3. The van der Waals surface area contributed by atoms with Crippen LogP contribution in [0.2, 0.25) is 0 Å². The first-order valence-electron chi connectivity index (χ1n) is 8.78. The van der Waals surface area contributed by atoms with Crippen LogP contribution in [0.15, 0.2) is 42.5 Å². The lowest BCUT2D eigenvalue weighted by Gasteiger charge is -2.18. The Morgan fingerprint density at radius 3 is 2.50 bits per heavy atom. The van der Waals surface area contributed by atoms with Gasteiger partial charge in [0.1, 0.15) is 6.54 Å². The van der Waals surface area contributed by atoms with E-state index < -0.39 is 17.9 Å². The molecule has 3 aromatic rings. The van der Waals surface area contributed by atoms with Gasteiger partial charge >= 0.3 is 5.97 Å². The molecule has 1 heterocycles. The molecule has 1 unspecified atom stereocenters. The summed E-state index contributed by atoms with van der Waals surface area (Å²) in [6.45, 7) is 5.48. The Morgan fingerprint density at radius 2 is 1.82 bits per heavy atom. The summed E-state index contributed by atoms with van der Waals surface area (Å²) >= 11 is 0. The molecular weight excluding hydrogens is 358 g/mol. The van der Waals surface area contributed by atoms with Crippen LogP contribution in [0.25, 0.3) is 11.4 Å². The molecule has 0 spiro atoms. The molecule has 0 aliphatic heterocycles. The predicted molar refractivity (Wildman–Crippen MR) is 102 cm³/mol. The minimum atomic E-state index is -1.15. The molecule has 0 saturated carbocycles. The van der Waals surface area contributed by atoms with Crippen LogP contribution in [0, 0.1) is 20.8 Å². The predicted octanol–water partition coefficient (Wildman–Crippen LogP) is 2.21. The quantitative estimate of drug-likeness (QED) is 0.679. The summed E-state index contributed by atoms with van der Waals surface area (Å²) in [5, 5.41) is 24.1. The van der Waals surface area contributed by atoms with Gasteiger partial charge in [0.2, 0.25) is 11.7 Å². The molecule has 3 rings (SSSR count). The number of tetrazole rings is 1. The maximum absolute atomic E-state index is 12.4. The van der Waals surface area contributed by atoms with E-state index in [0.29, 0.717) is 11.4 Å². The van der Waals surface area contributed by atoms with Gasteiger partial charge in [-0.2, -0.15) is 4.80 Å². The standard InChI is InChI=1S/C20H21N5O3/c1-12-7-9-15(10-8-12)19-22-24-25(23-19)11-17(26)21-18(20(27)28)16-6-4-5-13(2)14(16)3/h4-10,18H,11H2,1-3H3,(H,21,26)(H,27,28). The van der Waals surface area contributed by atoms with Crippen LogP contribution < -0.4 is 5.32 Å². The molecule has 1 amide bonds. The molecule has 1 aromatic heterocycles. The molecule has 0 saturated heterocycles. The van der Waals surface area contributed by atoms with E-state index >= 15 is 0 Å². The van der Waals surface area contributed by atoms with Crippen molar-refractivity contribution >= 4 is 11.9 Å². The van der Waals surface area contributed by atoms with Gasteiger partial charge in [-0.15, -0.1) is 10.2 Å². The number of rotatable bonds is 6. The minimum Gasteiger partial charge on any atom is -0.479 e. The van der Waals surface area contributed by atoms with Crippen molar-refractivity contribution in [1.29, 1.82) is 0 Å². The third-order valence-electron chi connectivity index (χ3n) is 4.56. The van der Waals surface area contributed by atoms with Crippen molar-refractivity contribution < 1.29 is 14.7 Å². The topological polar surface area (TPSA) is 110 Å². The zero-order chi connectivity index (χ0) is 20.3. The molecule has 1 atom stereocenters. The van der Waals surface area contributed by atoms with E-state index in [1.807, 2.05) is 51.1 Å². The fourth-order valence-corrected chi connectivity index (χ4v) is 2.82. The largest absolute Gasteiger partial charge is 0.479 e. The number of carboxylic acid groups (broad SMARTS) is 1. The third kappa shape index (κ3) is 4.22. The number of nitrogens with one attached hydrogen (secondary N) is 1. The second-order valence-electron chi connectivity index (χ2n) is 6.64. The van der Waals surface area contributed by atoms with Gasteiger partial charge in [0, 0.05) is 5.56 Å². The zero-order valence-electron chi connectivity index (χ0n) is 15.9. The molecule has 0 bridgehead atoms. The molecule has 2 N–H and O–H groups in total. The summed E-state index contributed by atoms with van der Waals surface area (Å²) in [5.74, 6) is -1.24. The van der Waals surface area contributed by atoms with Crippen LogP contribution in [0.5, 0.6) is 0 Å². The second-order valence-corrected chi connectivity index (χ2v) is 6.64. The fourth-order valence-electron chi connectivity index (χ4n) is 2.82. The van der Waals surface area contributed by atoms with E-state index in [0.717, 1.165) is 27.1 Å². The molecule has 0 fully saturated rings. The van der Waals surface area contributed by atoms with Crippen molar-refractivity contribution in [2.24, 2.45) is 0 Å². The molecule has 0 aliphatic rings. The number of hydrogen-bond donors (Lipinski definition) is 2. The number of aliphatic carboxylic acids is 1. The molecule has 2 aromatic carbocycles. The van der Waals surface area contributed by atoms with E-state index in [1.165, 1.54) is 0 Å². The van der Waals surface area contributed by atoms with Crippen molar-refractivity contribution in [3.8, 4) is 11.4 Å². The highest BCUT2D eigenvalue weighted by molar-refractivity contribution is 5.84. The van der Waals surface area contributed by atoms with Crippen LogP contribution in [0.3, 0.4) is 0 Å². The Hall–Kier alpha value is -3.55. The van der Waals surface area contributed by atoms with Gasteiger partial charge in [-0.1, -0.05) is 48.0 Å². The van der Waals surface area contributed by atoms with Crippen LogP contribution in [-0.2, 0) is 16.1 Å². The van der Waals surface area contributed by atoms with Crippen molar-refractivity contribution in [3.05, 3.63) is 64.7 Å². The molecule has 144 valence electrons. The highest BCUT2D eigenvalue weighted by atomic mass is 16.4. The number of hydrogen-bond acceptors (Lipinski definition) is 5. The van der Waals surface area contributed by atoms with Crippen molar-refractivity contribution in [3.63, 3.8) is 0 Å². The maximum atomic E-state index is 12.4. The molecule has 0 aliphatic carbocycles. The highest BCUT2D eigenvalue weighted by Crippen LogP contribution is 2.21. The number of aromatic nitrogens is 4. The van der Waals surface area contributed by atoms with Gasteiger partial charge in [0.25, 0.3) is 0 Å². The number of benzene rings is 2. The summed E-state index contributed by atoms with van der Waals surface area (Å²) in [6.07, 6.45) is 0. The summed E-state index contributed by atoms with van der Waals surface area (Å²) in [5.41, 5.74) is 4.24. The van der Waals surface area contributed by atoms with Gasteiger partial charge in [-0.05, 0) is 42.7 Å². The van der Waals surface area contributed by atoms with Crippen molar-refractivity contribution in [2.75, 3.05) is 0 Å². The normalized spacial score (nSPS) is 11.8. The number of carboxylic acids is 1.